The van der Waals surface area contributed by atoms with Gasteiger partial charge in [-0.05, 0) is 31.2 Å². The fourth-order valence-corrected chi connectivity index (χ4v) is 2.68. The van der Waals surface area contributed by atoms with E-state index in [1.807, 2.05) is 18.2 Å². The molecule has 0 bridgehead atoms. The maximum atomic E-state index is 12.2. The van der Waals surface area contributed by atoms with Crippen molar-refractivity contribution < 1.29 is 19.1 Å². The Balaban J connectivity index is 1.78. The summed E-state index contributed by atoms with van der Waals surface area (Å²) in [5.41, 5.74) is 1.22. The molecule has 1 unspecified atom stereocenters. The van der Waals surface area contributed by atoms with Gasteiger partial charge >= 0.3 is 6.09 Å². The molecule has 1 aromatic heterocycles. The number of rotatable bonds is 11. The maximum Gasteiger partial charge on any atom is 0.404 e. The molecule has 0 radical (unpaired) electrons. The second kappa shape index (κ2) is 10.9. The van der Waals surface area contributed by atoms with Gasteiger partial charge in [0.2, 0.25) is 5.91 Å². The van der Waals surface area contributed by atoms with Crippen LogP contribution in [0.5, 0.6) is 0 Å². The van der Waals surface area contributed by atoms with E-state index in [9.17, 15) is 9.59 Å². The summed E-state index contributed by atoms with van der Waals surface area (Å²) < 4.78 is 5.31. The molecular weight excluding hydrogens is 334 g/mol. The summed E-state index contributed by atoms with van der Waals surface area (Å²) in [6.07, 6.45) is 5.92. The van der Waals surface area contributed by atoms with Crippen LogP contribution in [0.1, 0.15) is 37.1 Å². The van der Waals surface area contributed by atoms with Crippen LogP contribution in [0, 0.1) is 0 Å². The van der Waals surface area contributed by atoms with Gasteiger partial charge in [-0.15, -0.1) is 0 Å². The van der Waals surface area contributed by atoms with E-state index in [4.69, 9.17) is 9.52 Å². The number of carbonyl (C=O) groups is 2. The predicted molar refractivity (Wildman–Crippen MR) is 96.8 cm³/mol. The van der Waals surface area contributed by atoms with Crippen molar-refractivity contribution in [2.45, 2.75) is 44.6 Å². The lowest BCUT2D eigenvalue weighted by molar-refractivity contribution is -0.121. The Morgan fingerprint density at radius 2 is 2.00 bits per heavy atom. The molecule has 140 valence electrons. The predicted octanol–water partition coefficient (Wildman–Crippen LogP) is 2.77. The van der Waals surface area contributed by atoms with Crippen LogP contribution in [-0.2, 0) is 17.6 Å². The second-order valence-electron chi connectivity index (χ2n) is 6.11. The van der Waals surface area contributed by atoms with Gasteiger partial charge in [0.25, 0.3) is 0 Å². The summed E-state index contributed by atoms with van der Waals surface area (Å²) in [6.45, 7) is 0.358. The first-order chi connectivity index (χ1) is 12.6. The van der Waals surface area contributed by atoms with Gasteiger partial charge in [0.15, 0.2) is 5.89 Å². The number of nitrogens with zero attached hydrogens (tertiary/aromatic N) is 1. The number of nitrogens with one attached hydrogen (secondary N) is 2. The van der Waals surface area contributed by atoms with Gasteiger partial charge in [0, 0.05) is 25.4 Å². The van der Waals surface area contributed by atoms with E-state index < -0.39 is 6.09 Å². The summed E-state index contributed by atoms with van der Waals surface area (Å²) in [6, 6.07) is 10.1. The Hall–Kier alpha value is -2.83. The SMILES string of the molecule is O=C(O)NCCCCC(=O)NC(CCc1ccccc1)Cc1ncco1. The molecule has 0 aliphatic heterocycles. The molecule has 3 N–H and O–H groups in total. The van der Waals surface area contributed by atoms with Crippen molar-refractivity contribution in [3.8, 4) is 0 Å². The standard InChI is InChI=1S/C19H25N3O4/c23-17(8-4-5-11-21-19(24)25)22-16(14-18-20-12-13-26-18)10-9-15-6-2-1-3-7-15/h1-3,6-7,12-13,16,21H,4-5,8-11,14H2,(H,22,23)(H,24,25). The molecule has 2 aromatic rings. The molecule has 7 heteroatoms. The molecule has 2 rings (SSSR count). The van der Waals surface area contributed by atoms with Gasteiger partial charge in [-0.25, -0.2) is 9.78 Å². The summed E-state index contributed by atoms with van der Waals surface area (Å²) in [4.78, 5) is 26.7. The lowest BCUT2D eigenvalue weighted by atomic mass is 10.0. The lowest BCUT2D eigenvalue weighted by Crippen LogP contribution is -2.37. The summed E-state index contributed by atoms with van der Waals surface area (Å²) >= 11 is 0. The average molecular weight is 359 g/mol. The van der Waals surface area contributed by atoms with E-state index in [1.165, 1.54) is 11.8 Å². The number of hydrogen-bond donors (Lipinski definition) is 3. The van der Waals surface area contributed by atoms with Gasteiger partial charge in [0.05, 0.1) is 6.20 Å². The minimum absolute atomic E-state index is 0.0371. The van der Waals surface area contributed by atoms with Gasteiger partial charge in [-0.1, -0.05) is 30.3 Å². The number of aromatic nitrogens is 1. The number of oxazole rings is 1. The van der Waals surface area contributed by atoms with Gasteiger partial charge in [-0.3, -0.25) is 4.79 Å². The highest BCUT2D eigenvalue weighted by molar-refractivity contribution is 5.76. The highest BCUT2D eigenvalue weighted by atomic mass is 16.4. The third-order valence-corrected chi connectivity index (χ3v) is 4.00. The largest absolute Gasteiger partial charge is 0.465 e. The van der Waals surface area contributed by atoms with E-state index in [0.717, 1.165) is 12.8 Å². The number of hydrogen-bond acceptors (Lipinski definition) is 4. The van der Waals surface area contributed by atoms with Crippen molar-refractivity contribution in [1.82, 2.24) is 15.6 Å². The molecule has 0 saturated carbocycles. The first-order valence-corrected chi connectivity index (χ1v) is 8.82. The molecule has 0 spiro atoms. The van der Waals surface area contributed by atoms with Crippen molar-refractivity contribution in [2.75, 3.05) is 6.54 Å². The zero-order valence-electron chi connectivity index (χ0n) is 14.7. The zero-order chi connectivity index (χ0) is 18.6. The monoisotopic (exact) mass is 359 g/mol. The quantitative estimate of drug-likeness (QED) is 0.535. The smallest absolute Gasteiger partial charge is 0.404 e. The maximum absolute atomic E-state index is 12.2. The molecule has 1 aromatic carbocycles. The fraction of sp³-hybridized carbons (Fsp3) is 0.421. The number of amides is 2. The summed E-state index contributed by atoms with van der Waals surface area (Å²) in [7, 11) is 0. The second-order valence-corrected chi connectivity index (χ2v) is 6.11. The molecular formula is C19H25N3O4. The van der Waals surface area contributed by atoms with Crippen molar-refractivity contribution >= 4 is 12.0 Å². The normalized spacial score (nSPS) is 11.7. The first kappa shape index (κ1) is 19.5. The molecule has 1 heterocycles. The third kappa shape index (κ3) is 7.83. The van der Waals surface area contributed by atoms with Crippen molar-refractivity contribution in [3.63, 3.8) is 0 Å². The third-order valence-electron chi connectivity index (χ3n) is 4.00. The van der Waals surface area contributed by atoms with Crippen LogP contribution in [0.25, 0.3) is 0 Å². The minimum Gasteiger partial charge on any atom is -0.465 e. The number of aryl methyl sites for hydroxylation is 1. The van der Waals surface area contributed by atoms with Gasteiger partial charge in [0.1, 0.15) is 6.26 Å². The van der Waals surface area contributed by atoms with E-state index in [2.05, 4.69) is 27.8 Å². The van der Waals surface area contributed by atoms with Crippen LogP contribution in [0.3, 0.4) is 0 Å². The highest BCUT2D eigenvalue weighted by Crippen LogP contribution is 2.10. The minimum atomic E-state index is -1.04. The highest BCUT2D eigenvalue weighted by Gasteiger charge is 2.15. The Labute approximate surface area is 152 Å². The van der Waals surface area contributed by atoms with Crippen LogP contribution < -0.4 is 10.6 Å². The first-order valence-electron chi connectivity index (χ1n) is 8.82. The fourth-order valence-electron chi connectivity index (χ4n) is 2.68. The number of carbonyl (C=O) groups excluding carboxylic acids is 1. The molecule has 1 atom stereocenters. The van der Waals surface area contributed by atoms with Crippen LogP contribution in [-0.4, -0.2) is 34.7 Å². The van der Waals surface area contributed by atoms with Crippen molar-refractivity contribution in [3.05, 3.63) is 54.2 Å². The molecule has 0 aliphatic rings. The number of benzene rings is 1. The van der Waals surface area contributed by atoms with E-state index >= 15 is 0 Å². The van der Waals surface area contributed by atoms with Crippen LogP contribution in [0.4, 0.5) is 4.79 Å². The Kier molecular flexibility index (Phi) is 8.18. The molecule has 0 aliphatic carbocycles. The molecule has 26 heavy (non-hydrogen) atoms. The van der Waals surface area contributed by atoms with Gasteiger partial charge in [-0.2, -0.15) is 0 Å². The van der Waals surface area contributed by atoms with Crippen molar-refractivity contribution in [2.24, 2.45) is 0 Å². The Morgan fingerprint density at radius 3 is 2.69 bits per heavy atom. The van der Waals surface area contributed by atoms with Crippen LogP contribution in [0.2, 0.25) is 0 Å². The molecule has 2 amide bonds. The van der Waals surface area contributed by atoms with Crippen molar-refractivity contribution in [1.29, 1.82) is 0 Å². The van der Waals surface area contributed by atoms with E-state index in [0.29, 0.717) is 38.1 Å². The summed E-state index contributed by atoms with van der Waals surface area (Å²) in [5.74, 6) is 0.568. The van der Waals surface area contributed by atoms with Crippen LogP contribution >= 0.6 is 0 Å². The average Bonchev–Trinajstić information content (AvgIpc) is 3.13. The van der Waals surface area contributed by atoms with E-state index in [-0.39, 0.29) is 11.9 Å². The molecule has 0 fully saturated rings. The van der Waals surface area contributed by atoms with E-state index in [1.54, 1.807) is 6.20 Å². The Morgan fingerprint density at radius 1 is 1.19 bits per heavy atom. The molecule has 0 saturated heterocycles. The van der Waals surface area contributed by atoms with Gasteiger partial charge < -0.3 is 20.2 Å². The molecule has 7 nitrogen and oxygen atoms in total. The lowest BCUT2D eigenvalue weighted by Gasteiger charge is -2.17. The Bertz CT molecular complexity index is 659. The van der Waals surface area contributed by atoms with Crippen LogP contribution in [0.15, 0.2) is 47.2 Å². The number of carboxylic acid groups (broad SMARTS) is 1. The number of unbranched alkanes of at least 4 members (excludes halogenated alkanes) is 1. The zero-order valence-corrected chi connectivity index (χ0v) is 14.7. The summed E-state index contributed by atoms with van der Waals surface area (Å²) in [5, 5.41) is 13.9. The topological polar surface area (TPSA) is 104 Å².